The number of nitrogens with one attached hydrogen (secondary N) is 1. The monoisotopic (exact) mass is 551 g/mol. The standard InChI is InChI=1S/C27H38ClN3O5S/c1-5-18-29-27(33)25(6-2)30(20-21-10-12-22(28)13-11-21)26(32)9-8-19-31(37(4,34)35)23-14-16-24(17-15-23)36-7-3/h10-17,25H,5-9,18-20H2,1-4H3,(H,29,33)/t25-/m0/s1. The van der Waals surface area contributed by atoms with E-state index in [0.717, 1.165) is 18.2 Å². The summed E-state index contributed by atoms with van der Waals surface area (Å²) in [7, 11) is -3.57. The number of rotatable bonds is 15. The summed E-state index contributed by atoms with van der Waals surface area (Å²) in [6.07, 6.45) is 2.78. The molecule has 0 aromatic heterocycles. The molecule has 0 bridgehead atoms. The van der Waals surface area contributed by atoms with Crippen molar-refractivity contribution in [1.82, 2.24) is 10.2 Å². The number of anilines is 1. The zero-order valence-corrected chi connectivity index (χ0v) is 23.6. The minimum absolute atomic E-state index is 0.0915. The van der Waals surface area contributed by atoms with Gasteiger partial charge < -0.3 is 15.0 Å². The molecule has 2 aromatic rings. The van der Waals surface area contributed by atoms with E-state index in [1.807, 2.05) is 32.9 Å². The molecule has 0 spiro atoms. The fourth-order valence-corrected chi connectivity index (χ4v) is 5.04. The van der Waals surface area contributed by atoms with Gasteiger partial charge in [-0.2, -0.15) is 0 Å². The molecule has 2 aromatic carbocycles. The molecular formula is C27H38ClN3O5S. The summed E-state index contributed by atoms with van der Waals surface area (Å²) in [5.74, 6) is 0.243. The van der Waals surface area contributed by atoms with Crippen molar-refractivity contribution in [2.24, 2.45) is 0 Å². The van der Waals surface area contributed by atoms with Crippen molar-refractivity contribution in [3.8, 4) is 5.75 Å². The maximum Gasteiger partial charge on any atom is 0.242 e. The number of halogens is 1. The maximum atomic E-state index is 13.4. The van der Waals surface area contributed by atoms with Crippen molar-refractivity contribution in [3.63, 3.8) is 0 Å². The second-order valence-corrected chi connectivity index (χ2v) is 11.1. The summed E-state index contributed by atoms with van der Waals surface area (Å²) >= 11 is 6.01. The molecule has 2 rings (SSSR count). The van der Waals surface area contributed by atoms with Crippen molar-refractivity contribution < 1.29 is 22.7 Å². The van der Waals surface area contributed by atoms with Crippen LogP contribution in [-0.4, -0.2) is 57.1 Å². The van der Waals surface area contributed by atoms with Crippen LogP contribution in [0.15, 0.2) is 48.5 Å². The zero-order chi connectivity index (χ0) is 27.4. The van der Waals surface area contributed by atoms with Gasteiger partial charge in [-0.25, -0.2) is 8.42 Å². The fourth-order valence-electron chi connectivity index (χ4n) is 3.95. The topological polar surface area (TPSA) is 96.0 Å². The first kappa shape index (κ1) is 30.4. The van der Waals surface area contributed by atoms with Crippen LogP contribution < -0.4 is 14.4 Å². The molecule has 0 radical (unpaired) electrons. The number of hydrogen-bond donors (Lipinski definition) is 1. The van der Waals surface area contributed by atoms with Crippen molar-refractivity contribution in [2.75, 3.05) is 30.3 Å². The van der Waals surface area contributed by atoms with Crippen LogP contribution in [0.4, 0.5) is 5.69 Å². The van der Waals surface area contributed by atoms with Gasteiger partial charge in [0.2, 0.25) is 21.8 Å². The third-order valence-corrected chi connectivity index (χ3v) is 7.24. The van der Waals surface area contributed by atoms with Crippen molar-refractivity contribution >= 4 is 39.1 Å². The predicted molar refractivity (Wildman–Crippen MR) is 148 cm³/mol. The highest BCUT2D eigenvalue weighted by atomic mass is 35.5. The van der Waals surface area contributed by atoms with Crippen LogP contribution in [-0.2, 0) is 26.2 Å². The quantitative estimate of drug-likeness (QED) is 0.348. The molecule has 0 aliphatic rings. The Morgan fingerprint density at radius 3 is 2.22 bits per heavy atom. The number of amides is 2. The molecule has 0 unspecified atom stereocenters. The van der Waals surface area contributed by atoms with Gasteiger partial charge in [0.25, 0.3) is 0 Å². The fraction of sp³-hybridized carbons (Fsp3) is 0.481. The normalized spacial score (nSPS) is 12.0. The Morgan fingerprint density at radius 2 is 1.68 bits per heavy atom. The smallest absolute Gasteiger partial charge is 0.242 e. The Balaban J connectivity index is 2.18. The van der Waals surface area contributed by atoms with Gasteiger partial charge in [-0.3, -0.25) is 13.9 Å². The highest BCUT2D eigenvalue weighted by Gasteiger charge is 2.28. The van der Waals surface area contributed by atoms with E-state index in [9.17, 15) is 18.0 Å². The molecule has 2 amide bonds. The van der Waals surface area contributed by atoms with E-state index in [-0.39, 0.29) is 31.3 Å². The van der Waals surface area contributed by atoms with Crippen LogP contribution in [0.2, 0.25) is 5.02 Å². The van der Waals surface area contributed by atoms with Gasteiger partial charge in [0.1, 0.15) is 11.8 Å². The molecule has 0 fully saturated rings. The Hall–Kier alpha value is -2.78. The lowest BCUT2D eigenvalue weighted by atomic mass is 10.1. The number of carbonyl (C=O) groups excluding carboxylic acids is 2. The van der Waals surface area contributed by atoms with E-state index in [0.29, 0.717) is 42.5 Å². The van der Waals surface area contributed by atoms with E-state index in [1.54, 1.807) is 41.3 Å². The molecule has 0 heterocycles. The van der Waals surface area contributed by atoms with E-state index < -0.39 is 16.1 Å². The summed E-state index contributed by atoms with van der Waals surface area (Å²) in [6.45, 7) is 7.14. The van der Waals surface area contributed by atoms with Gasteiger partial charge in [-0.05, 0) is 68.1 Å². The highest BCUT2D eigenvalue weighted by Crippen LogP contribution is 2.23. The third-order valence-electron chi connectivity index (χ3n) is 5.79. The van der Waals surface area contributed by atoms with E-state index in [1.165, 1.54) is 4.31 Å². The zero-order valence-electron chi connectivity index (χ0n) is 22.1. The van der Waals surface area contributed by atoms with E-state index in [4.69, 9.17) is 16.3 Å². The second-order valence-electron chi connectivity index (χ2n) is 8.73. The molecule has 1 N–H and O–H groups in total. The predicted octanol–water partition coefficient (Wildman–Crippen LogP) is 4.62. The molecule has 204 valence electrons. The molecule has 1 atom stereocenters. The minimum Gasteiger partial charge on any atom is -0.494 e. The van der Waals surface area contributed by atoms with Gasteiger partial charge in [0, 0.05) is 31.1 Å². The first-order valence-corrected chi connectivity index (χ1v) is 14.8. The Kier molecular flexibility index (Phi) is 12.2. The molecule has 0 saturated carbocycles. The summed E-state index contributed by atoms with van der Waals surface area (Å²) in [5, 5.41) is 3.48. The van der Waals surface area contributed by atoms with Gasteiger partial charge in [-0.15, -0.1) is 0 Å². The van der Waals surface area contributed by atoms with Gasteiger partial charge >= 0.3 is 0 Å². The van der Waals surface area contributed by atoms with Crippen molar-refractivity contribution in [1.29, 1.82) is 0 Å². The summed E-state index contributed by atoms with van der Waals surface area (Å²) in [4.78, 5) is 27.9. The lowest BCUT2D eigenvalue weighted by Crippen LogP contribution is -2.49. The summed E-state index contributed by atoms with van der Waals surface area (Å²) < 4.78 is 31.7. The number of hydrogen-bond acceptors (Lipinski definition) is 5. The average Bonchev–Trinajstić information content (AvgIpc) is 2.86. The lowest BCUT2D eigenvalue weighted by molar-refractivity contribution is -0.141. The molecule has 0 saturated heterocycles. The number of sulfonamides is 1. The first-order chi connectivity index (χ1) is 17.6. The largest absolute Gasteiger partial charge is 0.494 e. The molecular weight excluding hydrogens is 514 g/mol. The molecule has 37 heavy (non-hydrogen) atoms. The third kappa shape index (κ3) is 9.55. The molecule has 10 heteroatoms. The summed E-state index contributed by atoms with van der Waals surface area (Å²) in [5.41, 5.74) is 1.36. The van der Waals surface area contributed by atoms with Crippen LogP contribution in [0.3, 0.4) is 0 Å². The number of ether oxygens (including phenoxy) is 1. The lowest BCUT2D eigenvalue weighted by Gasteiger charge is -2.31. The molecule has 0 aliphatic carbocycles. The Bertz CT molecular complexity index is 1110. The average molecular weight is 552 g/mol. The number of benzene rings is 2. The first-order valence-electron chi connectivity index (χ1n) is 12.6. The minimum atomic E-state index is -3.57. The highest BCUT2D eigenvalue weighted by molar-refractivity contribution is 7.92. The Labute approximate surface area is 226 Å². The van der Waals surface area contributed by atoms with Crippen molar-refractivity contribution in [3.05, 3.63) is 59.1 Å². The maximum absolute atomic E-state index is 13.4. The molecule has 8 nitrogen and oxygen atoms in total. The van der Waals surface area contributed by atoms with E-state index in [2.05, 4.69) is 5.32 Å². The van der Waals surface area contributed by atoms with Crippen LogP contribution in [0.5, 0.6) is 5.75 Å². The number of carbonyl (C=O) groups is 2. The van der Waals surface area contributed by atoms with Crippen molar-refractivity contribution in [2.45, 2.75) is 59.0 Å². The van der Waals surface area contributed by atoms with Gasteiger partial charge in [0.05, 0.1) is 18.6 Å². The van der Waals surface area contributed by atoms with E-state index >= 15 is 0 Å². The SMILES string of the molecule is CCCNC(=O)[C@H](CC)N(Cc1ccc(Cl)cc1)C(=O)CCCN(c1ccc(OCC)cc1)S(C)(=O)=O. The second kappa shape index (κ2) is 14.8. The number of nitrogens with zero attached hydrogens (tertiary/aromatic N) is 2. The van der Waals surface area contributed by atoms with Gasteiger partial charge in [-0.1, -0.05) is 37.6 Å². The summed E-state index contributed by atoms with van der Waals surface area (Å²) in [6, 6.07) is 13.3. The van der Waals surface area contributed by atoms with Crippen LogP contribution >= 0.6 is 11.6 Å². The van der Waals surface area contributed by atoms with Crippen LogP contribution in [0.25, 0.3) is 0 Å². The Morgan fingerprint density at radius 1 is 1.03 bits per heavy atom. The van der Waals surface area contributed by atoms with Gasteiger partial charge in [0.15, 0.2) is 0 Å². The molecule has 0 aliphatic heterocycles. The van der Waals surface area contributed by atoms with Crippen LogP contribution in [0.1, 0.15) is 52.0 Å². The van der Waals surface area contributed by atoms with Crippen LogP contribution in [0, 0.1) is 0 Å².